The van der Waals surface area contributed by atoms with Crippen molar-refractivity contribution in [3.63, 3.8) is 0 Å². The van der Waals surface area contributed by atoms with Crippen molar-refractivity contribution in [2.45, 2.75) is 77.7 Å². The van der Waals surface area contributed by atoms with Gasteiger partial charge in [0.05, 0.1) is 42.1 Å². The predicted molar refractivity (Wildman–Crippen MR) is 112 cm³/mol. The van der Waals surface area contributed by atoms with Gasteiger partial charge in [0.2, 0.25) is 0 Å². The van der Waals surface area contributed by atoms with Gasteiger partial charge in [0.25, 0.3) is 11.4 Å². The van der Waals surface area contributed by atoms with Crippen LogP contribution in [0.2, 0.25) is 0 Å². The SMILES string of the molecule is CCCCCCCCCCCC[N+](C)(C)Cc1ccc([N+](=O)[O-])cc1[N+](=O)[O-]. The van der Waals surface area contributed by atoms with Crippen molar-refractivity contribution in [3.05, 3.63) is 44.0 Å². The highest BCUT2D eigenvalue weighted by molar-refractivity contribution is 5.48. The quantitative estimate of drug-likeness (QED) is 0.158. The first kappa shape index (κ1) is 24.0. The summed E-state index contributed by atoms with van der Waals surface area (Å²) in [5, 5.41) is 22.2. The molecule has 28 heavy (non-hydrogen) atoms. The molecule has 1 rings (SSSR count). The van der Waals surface area contributed by atoms with E-state index in [1.165, 1.54) is 69.9 Å². The van der Waals surface area contributed by atoms with Crippen molar-refractivity contribution in [1.29, 1.82) is 0 Å². The van der Waals surface area contributed by atoms with Crippen LogP contribution in [0.15, 0.2) is 18.2 Å². The van der Waals surface area contributed by atoms with Crippen LogP contribution in [0, 0.1) is 20.2 Å². The Morgan fingerprint density at radius 1 is 0.821 bits per heavy atom. The van der Waals surface area contributed by atoms with Crippen molar-refractivity contribution in [1.82, 2.24) is 0 Å². The molecule has 0 radical (unpaired) electrons. The lowest BCUT2D eigenvalue weighted by Gasteiger charge is -2.29. The van der Waals surface area contributed by atoms with E-state index in [1.807, 2.05) is 0 Å². The maximum Gasteiger partial charge on any atom is 0.285 e. The molecule has 7 nitrogen and oxygen atoms in total. The normalized spacial score (nSPS) is 11.5. The Labute approximate surface area is 168 Å². The maximum absolute atomic E-state index is 11.3. The van der Waals surface area contributed by atoms with Gasteiger partial charge in [0, 0.05) is 6.07 Å². The van der Waals surface area contributed by atoms with Gasteiger partial charge in [0.15, 0.2) is 0 Å². The lowest BCUT2D eigenvalue weighted by molar-refractivity contribution is -0.904. The van der Waals surface area contributed by atoms with Gasteiger partial charge in [-0.1, -0.05) is 58.3 Å². The second-order valence-electron chi connectivity index (χ2n) is 8.33. The highest BCUT2D eigenvalue weighted by Gasteiger charge is 2.25. The van der Waals surface area contributed by atoms with Crippen LogP contribution in [0.3, 0.4) is 0 Å². The molecule has 0 unspecified atom stereocenters. The van der Waals surface area contributed by atoms with Crippen LogP contribution in [0.4, 0.5) is 11.4 Å². The van der Waals surface area contributed by atoms with Crippen molar-refractivity contribution < 1.29 is 14.3 Å². The number of nitro groups is 2. The molecule has 0 spiro atoms. The fourth-order valence-corrected chi connectivity index (χ4v) is 3.54. The molecule has 7 heteroatoms. The average Bonchev–Trinajstić information content (AvgIpc) is 2.62. The first-order valence-electron chi connectivity index (χ1n) is 10.5. The fourth-order valence-electron chi connectivity index (χ4n) is 3.54. The molecule has 0 fully saturated rings. The van der Waals surface area contributed by atoms with Crippen molar-refractivity contribution in [2.24, 2.45) is 0 Å². The number of unbranched alkanes of at least 4 members (excludes halogenated alkanes) is 9. The molecule has 0 aromatic heterocycles. The largest absolute Gasteiger partial charge is 0.325 e. The fraction of sp³-hybridized carbons (Fsp3) is 0.714. The van der Waals surface area contributed by atoms with E-state index in [9.17, 15) is 20.2 Å². The smallest absolute Gasteiger partial charge is 0.285 e. The third-order valence-electron chi connectivity index (χ3n) is 5.19. The molecular formula is C21H36N3O4+. The molecule has 0 amide bonds. The average molecular weight is 395 g/mol. The Balaban J connectivity index is 2.39. The van der Waals surface area contributed by atoms with E-state index in [4.69, 9.17) is 0 Å². The number of quaternary nitrogens is 1. The van der Waals surface area contributed by atoms with Crippen LogP contribution in [0.25, 0.3) is 0 Å². The summed E-state index contributed by atoms with van der Waals surface area (Å²) in [6.45, 7) is 3.66. The second kappa shape index (κ2) is 12.4. The Morgan fingerprint density at radius 3 is 1.86 bits per heavy atom. The van der Waals surface area contributed by atoms with E-state index in [0.29, 0.717) is 16.6 Å². The molecule has 1 aromatic rings. The second-order valence-corrected chi connectivity index (χ2v) is 8.33. The summed E-state index contributed by atoms with van der Waals surface area (Å²) in [7, 11) is 4.11. The number of non-ortho nitro benzene ring substituents is 1. The monoisotopic (exact) mass is 394 g/mol. The van der Waals surface area contributed by atoms with Crippen LogP contribution in [-0.4, -0.2) is 35.0 Å². The summed E-state index contributed by atoms with van der Waals surface area (Å²) in [5.74, 6) is 0. The van der Waals surface area contributed by atoms with E-state index < -0.39 is 9.85 Å². The molecule has 0 aliphatic heterocycles. The lowest BCUT2D eigenvalue weighted by Crippen LogP contribution is -2.39. The van der Waals surface area contributed by atoms with Crippen LogP contribution in [0.5, 0.6) is 0 Å². The van der Waals surface area contributed by atoms with Gasteiger partial charge in [-0.25, -0.2) is 0 Å². The molecule has 0 atom stereocenters. The van der Waals surface area contributed by atoms with Crippen LogP contribution < -0.4 is 0 Å². The molecule has 0 heterocycles. The van der Waals surface area contributed by atoms with E-state index in [0.717, 1.165) is 19.0 Å². The molecule has 1 aromatic carbocycles. The third kappa shape index (κ3) is 9.26. The molecular weight excluding hydrogens is 358 g/mol. The van der Waals surface area contributed by atoms with Crippen molar-refractivity contribution in [2.75, 3.05) is 20.6 Å². The molecule has 0 saturated carbocycles. The zero-order valence-corrected chi connectivity index (χ0v) is 17.7. The molecule has 0 bridgehead atoms. The summed E-state index contributed by atoms with van der Waals surface area (Å²) in [6, 6.07) is 3.94. The lowest BCUT2D eigenvalue weighted by atomic mass is 10.1. The molecule has 0 saturated heterocycles. The standard InChI is InChI=1S/C21H36N3O4/c1-4-5-6-7-8-9-10-11-12-13-16-24(2,3)18-19-14-15-20(22(25)26)17-21(19)23(27)28/h14-15,17H,4-13,16,18H2,1-3H3/q+1. The molecule has 0 N–H and O–H groups in total. The predicted octanol–water partition coefficient (Wildman–Crippen LogP) is 6.00. The minimum atomic E-state index is -0.597. The number of benzene rings is 1. The summed E-state index contributed by atoms with van der Waals surface area (Å²) >= 11 is 0. The van der Waals surface area contributed by atoms with Crippen molar-refractivity contribution in [3.8, 4) is 0 Å². The van der Waals surface area contributed by atoms with Gasteiger partial charge < -0.3 is 4.48 Å². The Morgan fingerprint density at radius 2 is 1.36 bits per heavy atom. The number of nitrogens with zero attached hydrogens (tertiary/aromatic N) is 3. The van der Waals surface area contributed by atoms with Crippen LogP contribution in [0.1, 0.15) is 76.7 Å². The Hall–Kier alpha value is -2.02. The Bertz CT molecular complexity index is 632. The maximum atomic E-state index is 11.3. The van der Waals surface area contributed by atoms with Gasteiger partial charge in [0.1, 0.15) is 6.54 Å². The van der Waals surface area contributed by atoms with E-state index in [1.54, 1.807) is 0 Å². The van der Waals surface area contributed by atoms with Gasteiger partial charge in [-0.2, -0.15) is 0 Å². The van der Waals surface area contributed by atoms with Gasteiger partial charge in [-0.15, -0.1) is 0 Å². The van der Waals surface area contributed by atoms with Gasteiger partial charge in [-0.3, -0.25) is 20.2 Å². The minimum absolute atomic E-state index is 0.163. The van der Waals surface area contributed by atoms with E-state index in [2.05, 4.69) is 21.0 Å². The van der Waals surface area contributed by atoms with Gasteiger partial charge in [-0.05, 0) is 18.9 Å². The highest BCUT2D eigenvalue weighted by atomic mass is 16.6. The van der Waals surface area contributed by atoms with E-state index in [-0.39, 0.29) is 11.4 Å². The van der Waals surface area contributed by atoms with E-state index >= 15 is 0 Å². The minimum Gasteiger partial charge on any atom is -0.325 e. The van der Waals surface area contributed by atoms with Crippen LogP contribution in [-0.2, 0) is 6.54 Å². The summed E-state index contributed by atoms with van der Waals surface area (Å²) in [6.07, 6.45) is 12.8. The number of rotatable bonds is 15. The van der Waals surface area contributed by atoms with Gasteiger partial charge >= 0.3 is 0 Å². The summed E-state index contributed by atoms with van der Waals surface area (Å²) in [4.78, 5) is 21.0. The zero-order valence-electron chi connectivity index (χ0n) is 17.7. The topological polar surface area (TPSA) is 86.3 Å². The number of nitro benzene ring substituents is 2. The molecule has 0 aliphatic rings. The van der Waals surface area contributed by atoms with Crippen LogP contribution >= 0.6 is 0 Å². The van der Waals surface area contributed by atoms with Crippen molar-refractivity contribution >= 4 is 11.4 Å². The first-order valence-corrected chi connectivity index (χ1v) is 10.5. The molecule has 158 valence electrons. The summed E-state index contributed by atoms with van der Waals surface area (Å²) in [5.41, 5.74) is 0.145. The Kier molecular flexibility index (Phi) is 10.7. The number of hydrogen-bond acceptors (Lipinski definition) is 4. The first-order chi connectivity index (χ1) is 13.3. The third-order valence-corrected chi connectivity index (χ3v) is 5.19. The molecule has 0 aliphatic carbocycles. The number of hydrogen-bond donors (Lipinski definition) is 0. The summed E-state index contributed by atoms with van der Waals surface area (Å²) < 4.78 is 0.635. The zero-order chi connectivity index (χ0) is 21.0. The highest BCUT2D eigenvalue weighted by Crippen LogP contribution is 2.27.